The molecule has 0 spiro atoms. The second-order valence-corrected chi connectivity index (χ2v) is 8.33. The van der Waals surface area contributed by atoms with Crippen LogP contribution < -0.4 is 5.32 Å². The highest BCUT2D eigenvalue weighted by atomic mass is 35.5. The van der Waals surface area contributed by atoms with Crippen LogP contribution in [-0.2, 0) is 4.79 Å². The van der Waals surface area contributed by atoms with Crippen molar-refractivity contribution in [2.45, 2.75) is 30.0 Å². The molecule has 0 bridgehead atoms. The number of halogens is 1. The molecule has 0 saturated heterocycles. The Kier molecular flexibility index (Phi) is 6.59. The molecule has 27 heavy (non-hydrogen) atoms. The van der Waals surface area contributed by atoms with Gasteiger partial charge < -0.3 is 5.32 Å². The Balaban J connectivity index is 1.77. The lowest BCUT2D eigenvalue weighted by Gasteiger charge is -2.22. The number of benzene rings is 3. The molecule has 3 rings (SSSR count). The molecule has 0 aliphatic rings. The fourth-order valence-electron chi connectivity index (χ4n) is 2.79. The summed E-state index contributed by atoms with van der Waals surface area (Å²) >= 11 is 7.46. The first kappa shape index (κ1) is 19.5. The normalized spacial score (nSPS) is 13.0. The minimum atomic E-state index is -0.220. The Bertz CT molecular complexity index is 879. The minimum Gasteiger partial charge on any atom is -0.344 e. The molecule has 0 aromatic heterocycles. The smallest absolute Gasteiger partial charge is 0.233 e. The summed E-state index contributed by atoms with van der Waals surface area (Å²) in [5, 5.41) is 3.69. The summed E-state index contributed by atoms with van der Waals surface area (Å²) in [5.41, 5.74) is 3.34. The van der Waals surface area contributed by atoms with E-state index < -0.39 is 0 Å². The van der Waals surface area contributed by atoms with Crippen molar-refractivity contribution in [3.8, 4) is 0 Å². The van der Waals surface area contributed by atoms with Crippen LogP contribution in [0, 0.1) is 6.92 Å². The van der Waals surface area contributed by atoms with Gasteiger partial charge in [-0.25, -0.2) is 0 Å². The van der Waals surface area contributed by atoms with Gasteiger partial charge in [0.25, 0.3) is 0 Å². The van der Waals surface area contributed by atoms with E-state index in [4.69, 9.17) is 11.6 Å². The van der Waals surface area contributed by atoms with Crippen molar-refractivity contribution in [2.75, 3.05) is 0 Å². The zero-order chi connectivity index (χ0) is 19.2. The van der Waals surface area contributed by atoms with Crippen molar-refractivity contribution in [2.24, 2.45) is 0 Å². The Morgan fingerprint density at radius 3 is 2.11 bits per heavy atom. The van der Waals surface area contributed by atoms with Crippen LogP contribution in [0.25, 0.3) is 0 Å². The average Bonchev–Trinajstić information content (AvgIpc) is 2.69. The van der Waals surface area contributed by atoms with Crippen LogP contribution in [-0.4, -0.2) is 11.2 Å². The number of hydrogen-bond acceptors (Lipinski definition) is 2. The monoisotopic (exact) mass is 395 g/mol. The minimum absolute atomic E-state index is 0.00405. The van der Waals surface area contributed by atoms with Gasteiger partial charge in [-0.2, -0.15) is 0 Å². The fourth-order valence-corrected chi connectivity index (χ4v) is 3.80. The van der Waals surface area contributed by atoms with E-state index in [9.17, 15) is 4.79 Å². The molecule has 3 aromatic rings. The van der Waals surface area contributed by atoms with Gasteiger partial charge in [-0.05, 0) is 49.2 Å². The number of hydrogen-bond donors (Lipinski definition) is 1. The zero-order valence-corrected chi connectivity index (χ0v) is 16.9. The topological polar surface area (TPSA) is 29.1 Å². The third-order valence-corrected chi connectivity index (χ3v) is 5.69. The lowest BCUT2D eigenvalue weighted by molar-refractivity contribution is -0.120. The summed E-state index contributed by atoms with van der Waals surface area (Å²) in [4.78, 5) is 13.9. The zero-order valence-electron chi connectivity index (χ0n) is 15.4. The fraction of sp³-hybridized carbons (Fsp3) is 0.174. The van der Waals surface area contributed by atoms with Gasteiger partial charge in [-0.15, -0.1) is 11.8 Å². The van der Waals surface area contributed by atoms with Gasteiger partial charge in [0, 0.05) is 9.92 Å². The molecule has 0 unspecified atom stereocenters. The Labute approximate surface area is 170 Å². The van der Waals surface area contributed by atoms with E-state index in [1.165, 1.54) is 17.3 Å². The third-order valence-electron chi connectivity index (χ3n) is 4.33. The molecule has 0 fully saturated rings. The molecular weight excluding hydrogens is 374 g/mol. The van der Waals surface area contributed by atoms with E-state index in [-0.39, 0.29) is 17.2 Å². The second-order valence-electron chi connectivity index (χ2n) is 6.48. The van der Waals surface area contributed by atoms with Crippen molar-refractivity contribution < 1.29 is 4.79 Å². The van der Waals surface area contributed by atoms with Crippen LogP contribution in [0.5, 0.6) is 0 Å². The lowest BCUT2D eigenvalue weighted by atomic mass is 9.97. The van der Waals surface area contributed by atoms with E-state index in [1.54, 1.807) is 0 Å². The van der Waals surface area contributed by atoms with Gasteiger partial charge in [0.15, 0.2) is 0 Å². The maximum atomic E-state index is 12.9. The molecule has 0 aliphatic heterocycles. The molecule has 0 aliphatic carbocycles. The molecule has 1 amide bonds. The number of amides is 1. The molecule has 2 atom stereocenters. The molecule has 2 nitrogen and oxygen atoms in total. The number of thioether (sulfide) groups is 1. The van der Waals surface area contributed by atoms with Crippen LogP contribution in [0.4, 0.5) is 0 Å². The Hall–Kier alpha value is -2.23. The molecule has 4 heteroatoms. The number of aryl methyl sites for hydroxylation is 1. The molecule has 0 heterocycles. The Morgan fingerprint density at radius 1 is 0.889 bits per heavy atom. The number of rotatable bonds is 6. The first-order valence-electron chi connectivity index (χ1n) is 8.87. The average molecular weight is 396 g/mol. The van der Waals surface area contributed by atoms with Crippen molar-refractivity contribution >= 4 is 29.3 Å². The second kappa shape index (κ2) is 9.12. The van der Waals surface area contributed by atoms with Gasteiger partial charge in [-0.1, -0.05) is 71.8 Å². The van der Waals surface area contributed by atoms with E-state index >= 15 is 0 Å². The highest BCUT2D eigenvalue weighted by molar-refractivity contribution is 8.00. The highest BCUT2D eigenvalue weighted by Crippen LogP contribution is 2.27. The first-order chi connectivity index (χ1) is 13.0. The predicted octanol–water partition coefficient (Wildman–Crippen LogP) is 6.03. The van der Waals surface area contributed by atoms with Crippen molar-refractivity contribution in [3.05, 3.63) is 101 Å². The largest absolute Gasteiger partial charge is 0.344 e. The van der Waals surface area contributed by atoms with Crippen molar-refractivity contribution in [1.29, 1.82) is 0 Å². The molecule has 0 radical (unpaired) electrons. The van der Waals surface area contributed by atoms with Gasteiger partial charge in [0.05, 0.1) is 11.3 Å². The molecule has 138 valence electrons. The lowest BCUT2D eigenvalue weighted by Crippen LogP contribution is -2.34. The third kappa shape index (κ3) is 5.38. The molecule has 3 aromatic carbocycles. The van der Waals surface area contributed by atoms with Crippen LogP contribution in [0.15, 0.2) is 83.8 Å². The summed E-state index contributed by atoms with van der Waals surface area (Å²) in [5.74, 6) is 0.00405. The van der Waals surface area contributed by atoms with Crippen molar-refractivity contribution in [1.82, 2.24) is 5.32 Å². The number of nitrogens with one attached hydrogen (secondary N) is 1. The molecule has 1 N–H and O–H groups in total. The van der Waals surface area contributed by atoms with Gasteiger partial charge in [0.2, 0.25) is 5.91 Å². The van der Waals surface area contributed by atoms with E-state index in [0.717, 1.165) is 16.0 Å². The summed E-state index contributed by atoms with van der Waals surface area (Å²) in [6.07, 6.45) is 0. The first-order valence-corrected chi connectivity index (χ1v) is 10.1. The summed E-state index contributed by atoms with van der Waals surface area (Å²) in [6.45, 7) is 3.98. The van der Waals surface area contributed by atoms with Crippen LogP contribution in [0.2, 0.25) is 5.02 Å². The molecule has 0 saturated carbocycles. The van der Waals surface area contributed by atoms with Gasteiger partial charge in [-0.3, -0.25) is 4.79 Å². The SMILES string of the molecule is Cc1ccc([C@@H](NC(=O)[C@@H](C)Sc2ccc(Cl)cc2)c2ccccc2)cc1. The molecular formula is C23H22ClNOS. The predicted molar refractivity (Wildman–Crippen MR) is 114 cm³/mol. The summed E-state index contributed by atoms with van der Waals surface area (Å²) in [6, 6.07) is 25.7. The van der Waals surface area contributed by atoms with Gasteiger partial charge in [0.1, 0.15) is 0 Å². The maximum absolute atomic E-state index is 12.9. The van der Waals surface area contributed by atoms with Crippen LogP contribution in [0.1, 0.15) is 29.7 Å². The maximum Gasteiger partial charge on any atom is 0.233 e. The van der Waals surface area contributed by atoms with Crippen molar-refractivity contribution in [3.63, 3.8) is 0 Å². The van der Waals surface area contributed by atoms with Crippen LogP contribution in [0.3, 0.4) is 0 Å². The van der Waals surface area contributed by atoms with Crippen LogP contribution >= 0.6 is 23.4 Å². The summed E-state index contributed by atoms with van der Waals surface area (Å²) < 4.78 is 0. The number of carbonyl (C=O) groups excluding carboxylic acids is 1. The summed E-state index contributed by atoms with van der Waals surface area (Å²) in [7, 11) is 0. The highest BCUT2D eigenvalue weighted by Gasteiger charge is 2.21. The standard InChI is InChI=1S/C23H22ClNOS/c1-16-8-10-19(11-9-16)22(18-6-4-3-5-7-18)25-23(26)17(2)27-21-14-12-20(24)13-15-21/h3-15,17,22H,1-2H3,(H,25,26)/t17-,22+/m1/s1. The number of carbonyl (C=O) groups is 1. The van der Waals surface area contributed by atoms with Gasteiger partial charge >= 0.3 is 0 Å². The van der Waals surface area contributed by atoms with E-state index in [1.807, 2.05) is 61.5 Å². The Morgan fingerprint density at radius 2 is 1.48 bits per heavy atom. The quantitative estimate of drug-likeness (QED) is 0.516. The van der Waals surface area contributed by atoms with E-state index in [0.29, 0.717) is 5.02 Å². The van der Waals surface area contributed by atoms with E-state index in [2.05, 4.69) is 36.5 Å².